The molecule has 3 rings (SSSR count). The Hall–Kier alpha value is -1.95. The van der Waals surface area contributed by atoms with Crippen LogP contribution in [0, 0.1) is 6.92 Å². The van der Waals surface area contributed by atoms with Crippen LogP contribution in [-0.2, 0) is 0 Å². The second kappa shape index (κ2) is 7.75. The van der Waals surface area contributed by atoms with Gasteiger partial charge in [-0.1, -0.05) is 29.8 Å². The van der Waals surface area contributed by atoms with Crippen molar-refractivity contribution in [2.45, 2.75) is 6.92 Å². The zero-order valence-corrected chi connectivity index (χ0v) is 15.5. The number of aromatic nitrogens is 1. The Morgan fingerprint density at radius 1 is 1.21 bits per heavy atom. The lowest BCUT2D eigenvalue weighted by Crippen LogP contribution is -2.12. The highest BCUT2D eigenvalue weighted by Gasteiger charge is 2.07. The third-order valence-electron chi connectivity index (χ3n) is 3.24. The van der Waals surface area contributed by atoms with Crippen LogP contribution in [0.3, 0.4) is 0 Å². The fraction of sp³-hybridized carbons (Fsp3) is 0.111. The van der Waals surface area contributed by atoms with Crippen LogP contribution >= 0.6 is 34.3 Å². The van der Waals surface area contributed by atoms with Crippen molar-refractivity contribution in [3.05, 3.63) is 74.0 Å². The second-order valence-corrected chi connectivity index (χ2v) is 7.64. The average molecular weight is 374 g/mol. The van der Waals surface area contributed by atoms with Crippen molar-refractivity contribution in [1.29, 1.82) is 0 Å². The van der Waals surface area contributed by atoms with E-state index in [1.165, 1.54) is 4.88 Å². The lowest BCUT2D eigenvalue weighted by atomic mass is 10.2. The molecule has 122 valence electrons. The number of rotatable bonds is 5. The number of halogens is 1. The maximum atomic E-state index is 5.99. The van der Waals surface area contributed by atoms with Gasteiger partial charge in [0.1, 0.15) is 0 Å². The van der Waals surface area contributed by atoms with E-state index >= 15 is 0 Å². The summed E-state index contributed by atoms with van der Waals surface area (Å²) in [6.07, 6.45) is 3.65. The van der Waals surface area contributed by atoms with Crippen LogP contribution in [0.5, 0.6) is 0 Å². The first-order valence-electron chi connectivity index (χ1n) is 7.36. The molecule has 0 spiro atoms. The highest BCUT2D eigenvalue weighted by molar-refractivity contribution is 7.13. The summed E-state index contributed by atoms with van der Waals surface area (Å²) in [5.74, 6) is 0. The molecule has 3 aromatic rings. The zero-order valence-electron chi connectivity index (χ0n) is 13.1. The molecule has 0 amide bonds. The SMILES string of the molecule is C=CCN=c1scc(-c2ccc(Cl)cc2)n1N=Cc1ccc(C)s1. The first-order valence-corrected chi connectivity index (χ1v) is 9.43. The molecule has 0 atom stereocenters. The summed E-state index contributed by atoms with van der Waals surface area (Å²) in [4.78, 5) is 7.75. The fourth-order valence-corrected chi connectivity index (χ4v) is 3.84. The molecular weight excluding hydrogens is 358 g/mol. The van der Waals surface area contributed by atoms with Crippen LogP contribution in [0.2, 0.25) is 5.02 Å². The smallest absolute Gasteiger partial charge is 0.206 e. The van der Waals surface area contributed by atoms with Crippen LogP contribution < -0.4 is 4.80 Å². The molecule has 0 aliphatic heterocycles. The topological polar surface area (TPSA) is 29.6 Å². The zero-order chi connectivity index (χ0) is 16.9. The van der Waals surface area contributed by atoms with Gasteiger partial charge < -0.3 is 0 Å². The summed E-state index contributed by atoms with van der Waals surface area (Å²) in [6, 6.07) is 11.9. The predicted molar refractivity (Wildman–Crippen MR) is 105 cm³/mol. The van der Waals surface area contributed by atoms with E-state index in [4.69, 9.17) is 11.6 Å². The third kappa shape index (κ3) is 3.93. The Bertz CT molecular complexity index is 930. The lowest BCUT2D eigenvalue weighted by Gasteiger charge is -2.03. The molecule has 0 radical (unpaired) electrons. The second-order valence-electron chi connectivity index (χ2n) is 5.04. The van der Waals surface area contributed by atoms with Crippen LogP contribution in [0.1, 0.15) is 9.75 Å². The van der Waals surface area contributed by atoms with Crippen molar-refractivity contribution < 1.29 is 0 Å². The van der Waals surface area contributed by atoms with E-state index in [9.17, 15) is 0 Å². The van der Waals surface area contributed by atoms with E-state index in [-0.39, 0.29) is 0 Å². The van der Waals surface area contributed by atoms with E-state index in [0.29, 0.717) is 6.54 Å². The number of thiophene rings is 1. The molecule has 2 aromatic heterocycles. The minimum absolute atomic E-state index is 0.564. The van der Waals surface area contributed by atoms with E-state index in [2.05, 4.69) is 41.1 Å². The molecule has 1 aromatic carbocycles. The van der Waals surface area contributed by atoms with Gasteiger partial charge in [-0.2, -0.15) is 5.10 Å². The monoisotopic (exact) mass is 373 g/mol. The molecule has 3 nitrogen and oxygen atoms in total. The first-order chi connectivity index (χ1) is 11.7. The van der Waals surface area contributed by atoms with Crippen LogP contribution in [-0.4, -0.2) is 17.4 Å². The third-order valence-corrected chi connectivity index (χ3v) is 5.28. The highest BCUT2D eigenvalue weighted by Crippen LogP contribution is 2.22. The van der Waals surface area contributed by atoms with E-state index < -0.39 is 0 Å². The number of aryl methyl sites for hydroxylation is 1. The molecule has 0 N–H and O–H groups in total. The van der Waals surface area contributed by atoms with Gasteiger partial charge in [0, 0.05) is 25.7 Å². The van der Waals surface area contributed by atoms with Crippen LogP contribution in [0.25, 0.3) is 11.3 Å². The van der Waals surface area contributed by atoms with Gasteiger partial charge in [-0.05, 0) is 31.2 Å². The van der Waals surface area contributed by atoms with Crippen molar-refractivity contribution in [2.75, 3.05) is 6.54 Å². The summed E-state index contributed by atoms with van der Waals surface area (Å²) in [6.45, 7) is 6.38. The Kier molecular flexibility index (Phi) is 5.45. The maximum Gasteiger partial charge on any atom is 0.206 e. The molecule has 0 saturated carbocycles. The van der Waals surface area contributed by atoms with Gasteiger partial charge in [-0.25, -0.2) is 4.68 Å². The molecule has 24 heavy (non-hydrogen) atoms. The first kappa shape index (κ1) is 16.9. The van der Waals surface area contributed by atoms with Gasteiger partial charge in [-0.3, -0.25) is 4.99 Å². The molecule has 6 heteroatoms. The Labute approximate surface area is 153 Å². The molecule has 0 bridgehead atoms. The molecule has 0 aliphatic carbocycles. The van der Waals surface area contributed by atoms with Gasteiger partial charge in [0.05, 0.1) is 18.5 Å². The number of hydrogen-bond acceptors (Lipinski definition) is 4. The molecule has 0 unspecified atom stereocenters. The summed E-state index contributed by atoms with van der Waals surface area (Å²) in [5.41, 5.74) is 2.04. The van der Waals surface area contributed by atoms with Crippen molar-refractivity contribution in [3.63, 3.8) is 0 Å². The van der Waals surface area contributed by atoms with Crippen molar-refractivity contribution in [2.24, 2.45) is 10.1 Å². The van der Waals surface area contributed by atoms with Crippen LogP contribution in [0.15, 0.2) is 64.5 Å². The average Bonchev–Trinajstić information content (AvgIpc) is 3.17. The Morgan fingerprint density at radius 2 is 2.00 bits per heavy atom. The number of thiazole rings is 1. The van der Waals surface area contributed by atoms with E-state index in [0.717, 1.165) is 26.0 Å². The summed E-state index contributed by atoms with van der Waals surface area (Å²) < 4.78 is 1.87. The standard InChI is InChI=1S/C18H16ClN3S2/c1-3-10-20-18-22(21-11-16-9-4-13(2)24-16)17(12-23-18)14-5-7-15(19)8-6-14/h3-9,11-12H,1,10H2,2H3. The largest absolute Gasteiger partial charge is 0.253 e. The predicted octanol–water partition coefficient (Wildman–Crippen LogP) is 5.21. The lowest BCUT2D eigenvalue weighted by molar-refractivity contribution is 0.841. The molecule has 0 aliphatic rings. The summed E-state index contributed by atoms with van der Waals surface area (Å²) >= 11 is 9.27. The normalized spacial score (nSPS) is 12.2. The summed E-state index contributed by atoms with van der Waals surface area (Å²) in [5, 5.41) is 7.43. The van der Waals surface area contributed by atoms with Gasteiger partial charge >= 0.3 is 0 Å². The van der Waals surface area contributed by atoms with Gasteiger partial charge in [0.2, 0.25) is 4.80 Å². The minimum atomic E-state index is 0.564. The maximum absolute atomic E-state index is 5.99. The van der Waals surface area contributed by atoms with Crippen LogP contribution in [0.4, 0.5) is 0 Å². The van der Waals surface area contributed by atoms with Gasteiger partial charge in [0.25, 0.3) is 0 Å². The Morgan fingerprint density at radius 3 is 2.67 bits per heavy atom. The molecule has 0 fully saturated rings. The van der Waals surface area contributed by atoms with Gasteiger partial charge in [0.15, 0.2) is 0 Å². The molecular formula is C18H16ClN3S2. The van der Waals surface area contributed by atoms with Gasteiger partial charge in [-0.15, -0.1) is 29.3 Å². The van der Waals surface area contributed by atoms with E-state index in [1.807, 2.05) is 35.2 Å². The van der Waals surface area contributed by atoms with E-state index in [1.54, 1.807) is 28.7 Å². The number of benzene rings is 1. The van der Waals surface area contributed by atoms with Crippen molar-refractivity contribution in [1.82, 2.24) is 4.68 Å². The molecule has 0 saturated heterocycles. The summed E-state index contributed by atoms with van der Waals surface area (Å²) in [7, 11) is 0. The van der Waals surface area contributed by atoms with Crippen molar-refractivity contribution >= 4 is 40.5 Å². The van der Waals surface area contributed by atoms with Crippen molar-refractivity contribution in [3.8, 4) is 11.3 Å². The number of hydrogen-bond donors (Lipinski definition) is 0. The fourth-order valence-electron chi connectivity index (χ4n) is 2.12. The quantitative estimate of drug-likeness (QED) is 0.434. The molecule has 2 heterocycles. The number of nitrogens with zero attached hydrogens (tertiary/aromatic N) is 3. The minimum Gasteiger partial charge on any atom is -0.253 e. The Balaban J connectivity index is 2.06. The highest BCUT2D eigenvalue weighted by atomic mass is 35.5.